The van der Waals surface area contributed by atoms with Crippen molar-refractivity contribution in [2.75, 3.05) is 5.73 Å². The predicted molar refractivity (Wildman–Crippen MR) is 124 cm³/mol. The molecule has 0 saturated carbocycles. The van der Waals surface area contributed by atoms with Crippen LogP contribution in [-0.2, 0) is 6.42 Å². The number of fused-ring (bicyclic) bond motifs is 2. The van der Waals surface area contributed by atoms with Crippen molar-refractivity contribution in [2.24, 2.45) is 5.73 Å². The highest BCUT2D eigenvalue weighted by molar-refractivity contribution is 5.83. The number of nitrogen functional groups attached to an aromatic ring is 1. The molecule has 6 rings (SSSR count). The van der Waals surface area contributed by atoms with Gasteiger partial charge in [-0.15, -0.1) is 0 Å². The van der Waals surface area contributed by atoms with E-state index in [-0.39, 0.29) is 6.04 Å². The Kier molecular flexibility index (Phi) is 4.09. The van der Waals surface area contributed by atoms with Crippen LogP contribution < -0.4 is 11.5 Å². The minimum atomic E-state index is 0.0970. The molecule has 0 bridgehead atoms. The van der Waals surface area contributed by atoms with Crippen LogP contribution in [0.15, 0.2) is 61.1 Å². The zero-order valence-corrected chi connectivity index (χ0v) is 17.6. The fourth-order valence-electron chi connectivity index (χ4n) is 4.42. The fourth-order valence-corrected chi connectivity index (χ4v) is 4.42. The molecule has 8 nitrogen and oxygen atoms in total. The number of aryl methyl sites for hydroxylation is 2. The lowest BCUT2D eigenvalue weighted by Crippen LogP contribution is -2.06. The van der Waals surface area contributed by atoms with Gasteiger partial charge in [0.2, 0.25) is 0 Å². The molecule has 158 valence electrons. The van der Waals surface area contributed by atoms with E-state index in [9.17, 15) is 0 Å². The first-order chi connectivity index (χ1) is 15.6. The highest BCUT2D eigenvalue weighted by atomic mass is 15.3. The molecular formula is C24H22N8. The van der Waals surface area contributed by atoms with Crippen molar-refractivity contribution in [1.82, 2.24) is 29.3 Å². The Balaban J connectivity index is 1.63. The summed E-state index contributed by atoms with van der Waals surface area (Å²) in [6.45, 7) is 2.00. The second-order valence-electron chi connectivity index (χ2n) is 8.21. The van der Waals surface area contributed by atoms with Gasteiger partial charge in [-0.05, 0) is 72.9 Å². The minimum absolute atomic E-state index is 0.0970. The summed E-state index contributed by atoms with van der Waals surface area (Å²) in [6.07, 6.45) is 7.37. The first-order valence-corrected chi connectivity index (χ1v) is 10.6. The molecule has 1 atom stereocenters. The van der Waals surface area contributed by atoms with Crippen LogP contribution in [0.25, 0.3) is 34.1 Å². The van der Waals surface area contributed by atoms with Gasteiger partial charge in [0.15, 0.2) is 17.3 Å². The summed E-state index contributed by atoms with van der Waals surface area (Å²) in [7, 11) is 0. The zero-order chi connectivity index (χ0) is 21.8. The lowest BCUT2D eigenvalue weighted by atomic mass is 10.1. The summed E-state index contributed by atoms with van der Waals surface area (Å²) in [5, 5.41) is 4.41. The number of nitrogens with two attached hydrogens (primary N) is 2. The monoisotopic (exact) mass is 422 g/mol. The summed E-state index contributed by atoms with van der Waals surface area (Å²) in [6, 6.07) is 14.2. The maximum atomic E-state index is 6.27. The van der Waals surface area contributed by atoms with Gasteiger partial charge in [0.25, 0.3) is 0 Å². The predicted octanol–water partition coefficient (Wildman–Crippen LogP) is 3.50. The highest BCUT2D eigenvalue weighted by Crippen LogP contribution is 2.34. The van der Waals surface area contributed by atoms with Gasteiger partial charge in [0.05, 0.1) is 11.8 Å². The third-order valence-corrected chi connectivity index (χ3v) is 6.02. The van der Waals surface area contributed by atoms with Crippen LogP contribution in [0, 0.1) is 6.92 Å². The van der Waals surface area contributed by atoms with Crippen LogP contribution in [0.2, 0.25) is 0 Å². The van der Waals surface area contributed by atoms with Crippen LogP contribution in [0.4, 0.5) is 5.82 Å². The maximum Gasteiger partial charge on any atom is 0.167 e. The van der Waals surface area contributed by atoms with E-state index in [0.29, 0.717) is 11.6 Å². The van der Waals surface area contributed by atoms with Gasteiger partial charge in [-0.25, -0.2) is 19.6 Å². The van der Waals surface area contributed by atoms with Crippen LogP contribution in [-0.4, -0.2) is 29.3 Å². The molecule has 4 heterocycles. The molecule has 0 spiro atoms. The van der Waals surface area contributed by atoms with E-state index >= 15 is 0 Å². The van der Waals surface area contributed by atoms with Gasteiger partial charge in [-0.3, -0.25) is 4.57 Å². The first-order valence-electron chi connectivity index (χ1n) is 10.6. The molecule has 5 aromatic rings. The Morgan fingerprint density at radius 2 is 2.00 bits per heavy atom. The maximum absolute atomic E-state index is 6.27. The van der Waals surface area contributed by atoms with Gasteiger partial charge in [0, 0.05) is 24.1 Å². The number of aromatic nitrogens is 6. The second-order valence-corrected chi connectivity index (χ2v) is 8.21. The Labute approximate surface area is 184 Å². The normalized spacial score (nSPS) is 15.4. The molecule has 1 aliphatic rings. The molecule has 4 N–H and O–H groups in total. The molecule has 0 saturated heterocycles. The molecule has 0 fully saturated rings. The van der Waals surface area contributed by atoms with E-state index in [0.717, 1.165) is 46.6 Å². The first kappa shape index (κ1) is 18.7. The number of anilines is 1. The number of hydrogen-bond donors (Lipinski definition) is 2. The standard InChI is InChI=1S/C24H22N8/c1-14-12-28-31(13-14)21-9-8-20-24(30-21)32(23(29-20)18-3-2-10-27-22(18)26)16-5-6-17-15(11-16)4-7-19(17)25/h2-3,5-6,8-13,19H,4,7,25H2,1H3,(H2,26,27)/t19-/m0/s1. The summed E-state index contributed by atoms with van der Waals surface area (Å²) in [5.74, 6) is 1.85. The van der Waals surface area contributed by atoms with Crippen LogP contribution in [0.3, 0.4) is 0 Å². The number of benzene rings is 1. The topological polar surface area (TPSA) is 113 Å². The Hall–Kier alpha value is -4.04. The molecule has 0 unspecified atom stereocenters. The third-order valence-electron chi connectivity index (χ3n) is 6.02. The molecule has 32 heavy (non-hydrogen) atoms. The number of rotatable bonds is 3. The van der Waals surface area contributed by atoms with E-state index < -0.39 is 0 Å². The van der Waals surface area contributed by atoms with Crippen molar-refractivity contribution in [1.29, 1.82) is 0 Å². The molecule has 0 aliphatic heterocycles. The smallest absolute Gasteiger partial charge is 0.167 e. The van der Waals surface area contributed by atoms with Crippen LogP contribution in [0.1, 0.15) is 29.2 Å². The van der Waals surface area contributed by atoms with Crippen molar-refractivity contribution in [3.63, 3.8) is 0 Å². The van der Waals surface area contributed by atoms with Crippen molar-refractivity contribution < 1.29 is 0 Å². The Morgan fingerprint density at radius 1 is 1.09 bits per heavy atom. The molecule has 1 aromatic carbocycles. The van der Waals surface area contributed by atoms with E-state index in [1.165, 1.54) is 11.1 Å². The van der Waals surface area contributed by atoms with Gasteiger partial charge in [0.1, 0.15) is 11.3 Å². The quantitative estimate of drug-likeness (QED) is 0.460. The molecule has 0 radical (unpaired) electrons. The Morgan fingerprint density at radius 3 is 2.81 bits per heavy atom. The summed E-state index contributed by atoms with van der Waals surface area (Å²) in [4.78, 5) is 14.1. The van der Waals surface area contributed by atoms with Crippen molar-refractivity contribution in [3.8, 4) is 22.9 Å². The van der Waals surface area contributed by atoms with Gasteiger partial charge < -0.3 is 11.5 Å². The fraction of sp³-hybridized carbons (Fsp3) is 0.167. The molecule has 0 amide bonds. The Bertz CT molecular complexity index is 1480. The lowest BCUT2D eigenvalue weighted by Gasteiger charge is -2.13. The van der Waals surface area contributed by atoms with E-state index in [2.05, 4.69) is 28.3 Å². The van der Waals surface area contributed by atoms with E-state index in [1.807, 2.05) is 48.1 Å². The number of imidazole rings is 1. The molecular weight excluding hydrogens is 400 g/mol. The van der Waals surface area contributed by atoms with Gasteiger partial charge in [-0.1, -0.05) is 6.07 Å². The minimum Gasteiger partial charge on any atom is -0.383 e. The highest BCUT2D eigenvalue weighted by Gasteiger charge is 2.22. The number of hydrogen-bond acceptors (Lipinski definition) is 6. The van der Waals surface area contributed by atoms with E-state index in [4.69, 9.17) is 21.4 Å². The van der Waals surface area contributed by atoms with Gasteiger partial charge in [-0.2, -0.15) is 5.10 Å². The lowest BCUT2D eigenvalue weighted by molar-refractivity contribution is 0.713. The number of pyridine rings is 2. The van der Waals surface area contributed by atoms with Crippen molar-refractivity contribution >= 4 is 17.0 Å². The second kappa shape index (κ2) is 7.00. The largest absolute Gasteiger partial charge is 0.383 e. The van der Waals surface area contributed by atoms with E-state index in [1.54, 1.807) is 10.9 Å². The zero-order valence-electron chi connectivity index (χ0n) is 17.6. The average Bonchev–Trinajstić information content (AvgIpc) is 3.50. The van der Waals surface area contributed by atoms with Gasteiger partial charge >= 0.3 is 0 Å². The van der Waals surface area contributed by atoms with Crippen molar-refractivity contribution in [2.45, 2.75) is 25.8 Å². The molecule has 4 aromatic heterocycles. The third kappa shape index (κ3) is 2.88. The average molecular weight is 422 g/mol. The summed E-state index contributed by atoms with van der Waals surface area (Å²) >= 11 is 0. The number of nitrogens with zero attached hydrogens (tertiary/aromatic N) is 6. The summed E-state index contributed by atoms with van der Waals surface area (Å²) in [5.41, 5.74) is 19.3. The van der Waals surface area contributed by atoms with Crippen molar-refractivity contribution in [3.05, 3.63) is 77.7 Å². The summed E-state index contributed by atoms with van der Waals surface area (Å²) < 4.78 is 3.82. The van der Waals surface area contributed by atoms with Crippen LogP contribution >= 0.6 is 0 Å². The molecule has 8 heteroatoms. The SMILES string of the molecule is Cc1cnn(-c2ccc3nc(-c4cccnc4N)n(-c4ccc5c(c4)CC[C@@H]5N)c3n2)c1. The molecule has 1 aliphatic carbocycles. The van der Waals surface area contributed by atoms with Crippen LogP contribution in [0.5, 0.6) is 0 Å².